The Morgan fingerprint density at radius 1 is 1.19 bits per heavy atom. The molecule has 2 rings (SSSR count). The molecule has 4 N–H and O–H groups in total. The van der Waals surface area contributed by atoms with Crippen molar-refractivity contribution < 1.29 is 4.79 Å². The molecule has 0 fully saturated rings. The third-order valence-electron chi connectivity index (χ3n) is 3.32. The summed E-state index contributed by atoms with van der Waals surface area (Å²) in [4.78, 5) is 10.8. The highest BCUT2D eigenvalue weighted by Gasteiger charge is 2.08. The molecule has 0 bridgehead atoms. The molecule has 0 aliphatic heterocycles. The molecular weight excluding hydrogens is 330 g/mol. The fraction of sp³-hybridized carbons (Fsp3) is 0.188. The van der Waals surface area contributed by atoms with Crippen molar-refractivity contribution in [1.29, 1.82) is 0 Å². The van der Waals surface area contributed by atoms with Gasteiger partial charge in [-0.2, -0.15) is 0 Å². The van der Waals surface area contributed by atoms with E-state index in [4.69, 9.17) is 5.73 Å². The zero-order chi connectivity index (χ0) is 15.4. The van der Waals surface area contributed by atoms with Gasteiger partial charge in [-0.05, 0) is 49.2 Å². The van der Waals surface area contributed by atoms with E-state index in [0.29, 0.717) is 5.69 Å². The summed E-state index contributed by atoms with van der Waals surface area (Å²) in [6.07, 6.45) is 0. The minimum absolute atomic E-state index is 0.153. The Balaban J connectivity index is 2.11. The Kier molecular flexibility index (Phi) is 4.85. The number of nitrogens with two attached hydrogens (primary N) is 1. The van der Waals surface area contributed by atoms with Crippen molar-refractivity contribution in [1.82, 2.24) is 0 Å². The lowest BCUT2D eigenvalue weighted by atomic mass is 10.1. The highest BCUT2D eigenvalue weighted by Crippen LogP contribution is 2.27. The standard InChI is InChI=1S/C16H18BrN3O/c1-10-14(17)4-3-5-15(10)19-11(2)12-6-8-13(9-7-12)20-16(18)21/h3-9,11,19H,1-2H3,(H3,18,20,21). The number of halogens is 1. The van der Waals surface area contributed by atoms with Gasteiger partial charge in [-0.25, -0.2) is 4.79 Å². The molecule has 0 heterocycles. The second kappa shape index (κ2) is 6.63. The summed E-state index contributed by atoms with van der Waals surface area (Å²) in [7, 11) is 0. The molecule has 2 aromatic carbocycles. The fourth-order valence-electron chi connectivity index (χ4n) is 2.08. The molecule has 4 nitrogen and oxygen atoms in total. The third kappa shape index (κ3) is 3.98. The number of benzene rings is 2. The van der Waals surface area contributed by atoms with Gasteiger partial charge >= 0.3 is 6.03 Å². The lowest BCUT2D eigenvalue weighted by Gasteiger charge is -2.18. The van der Waals surface area contributed by atoms with E-state index in [1.54, 1.807) is 0 Å². The van der Waals surface area contributed by atoms with Crippen LogP contribution in [0.3, 0.4) is 0 Å². The Morgan fingerprint density at radius 2 is 1.86 bits per heavy atom. The minimum Gasteiger partial charge on any atom is -0.378 e. The van der Waals surface area contributed by atoms with Gasteiger partial charge in [0.05, 0.1) is 0 Å². The summed E-state index contributed by atoms with van der Waals surface area (Å²) in [5, 5.41) is 6.03. The van der Waals surface area contributed by atoms with Gasteiger partial charge in [0.1, 0.15) is 0 Å². The van der Waals surface area contributed by atoms with Crippen molar-refractivity contribution in [3.8, 4) is 0 Å². The predicted molar refractivity (Wildman–Crippen MR) is 90.6 cm³/mol. The van der Waals surface area contributed by atoms with E-state index in [9.17, 15) is 4.79 Å². The minimum atomic E-state index is -0.557. The number of rotatable bonds is 4. The van der Waals surface area contributed by atoms with Crippen LogP contribution in [-0.4, -0.2) is 6.03 Å². The maximum atomic E-state index is 10.8. The average molecular weight is 348 g/mol. The molecule has 110 valence electrons. The zero-order valence-electron chi connectivity index (χ0n) is 12.0. The summed E-state index contributed by atoms with van der Waals surface area (Å²) >= 11 is 3.53. The summed E-state index contributed by atoms with van der Waals surface area (Å²) < 4.78 is 1.08. The number of anilines is 2. The molecule has 0 aliphatic carbocycles. The monoisotopic (exact) mass is 347 g/mol. The van der Waals surface area contributed by atoms with Crippen LogP contribution in [0.25, 0.3) is 0 Å². The van der Waals surface area contributed by atoms with Crippen molar-refractivity contribution in [2.45, 2.75) is 19.9 Å². The first-order valence-electron chi connectivity index (χ1n) is 6.65. The van der Waals surface area contributed by atoms with E-state index in [2.05, 4.69) is 46.5 Å². The topological polar surface area (TPSA) is 67.2 Å². The quantitative estimate of drug-likeness (QED) is 0.766. The molecular formula is C16H18BrN3O. The van der Waals surface area contributed by atoms with Gasteiger partial charge in [0, 0.05) is 21.9 Å². The predicted octanol–water partition coefficient (Wildman–Crippen LogP) is 4.42. The van der Waals surface area contributed by atoms with Crippen LogP contribution in [0, 0.1) is 6.92 Å². The SMILES string of the molecule is Cc1c(Br)cccc1NC(C)c1ccc(NC(N)=O)cc1. The Morgan fingerprint density at radius 3 is 2.48 bits per heavy atom. The van der Waals surface area contributed by atoms with Crippen LogP contribution in [0.4, 0.5) is 16.2 Å². The number of carbonyl (C=O) groups excluding carboxylic acids is 1. The number of hydrogen-bond acceptors (Lipinski definition) is 2. The van der Waals surface area contributed by atoms with E-state index in [1.165, 1.54) is 5.56 Å². The van der Waals surface area contributed by atoms with Gasteiger partial charge in [0.15, 0.2) is 0 Å². The molecule has 1 unspecified atom stereocenters. The summed E-state index contributed by atoms with van der Waals surface area (Å²) in [6.45, 7) is 4.16. The number of nitrogens with one attached hydrogen (secondary N) is 2. The van der Waals surface area contributed by atoms with Gasteiger partial charge in [-0.15, -0.1) is 0 Å². The van der Waals surface area contributed by atoms with Crippen LogP contribution >= 0.6 is 15.9 Å². The number of hydrogen-bond donors (Lipinski definition) is 3. The van der Waals surface area contributed by atoms with Crippen LogP contribution in [-0.2, 0) is 0 Å². The smallest absolute Gasteiger partial charge is 0.316 e. The molecule has 2 amide bonds. The Bertz CT molecular complexity index is 640. The number of carbonyl (C=O) groups is 1. The van der Waals surface area contributed by atoms with E-state index in [0.717, 1.165) is 15.7 Å². The first-order chi connectivity index (χ1) is 9.97. The third-order valence-corrected chi connectivity index (χ3v) is 4.18. The molecule has 5 heteroatoms. The van der Waals surface area contributed by atoms with Gasteiger partial charge in [0.2, 0.25) is 0 Å². The van der Waals surface area contributed by atoms with Crippen molar-refractivity contribution in [2.75, 3.05) is 10.6 Å². The highest BCUT2D eigenvalue weighted by atomic mass is 79.9. The first-order valence-corrected chi connectivity index (χ1v) is 7.44. The second-order valence-electron chi connectivity index (χ2n) is 4.89. The normalized spacial score (nSPS) is 11.8. The van der Waals surface area contributed by atoms with Gasteiger partial charge in [-0.1, -0.05) is 34.1 Å². The van der Waals surface area contributed by atoms with Crippen LogP contribution in [0.5, 0.6) is 0 Å². The van der Waals surface area contributed by atoms with Crippen molar-refractivity contribution in [3.63, 3.8) is 0 Å². The highest BCUT2D eigenvalue weighted by molar-refractivity contribution is 9.10. The van der Waals surface area contributed by atoms with E-state index < -0.39 is 6.03 Å². The van der Waals surface area contributed by atoms with Crippen LogP contribution in [0.15, 0.2) is 46.9 Å². The summed E-state index contributed by atoms with van der Waals surface area (Å²) in [6, 6.07) is 13.3. The van der Waals surface area contributed by atoms with Gasteiger partial charge in [0.25, 0.3) is 0 Å². The molecule has 0 saturated heterocycles. The molecule has 0 radical (unpaired) electrons. The molecule has 21 heavy (non-hydrogen) atoms. The molecule has 0 saturated carbocycles. The summed E-state index contributed by atoms with van der Waals surface area (Å²) in [5.41, 5.74) is 9.18. The number of urea groups is 1. The zero-order valence-corrected chi connectivity index (χ0v) is 13.6. The van der Waals surface area contributed by atoms with E-state index >= 15 is 0 Å². The van der Waals surface area contributed by atoms with Crippen LogP contribution < -0.4 is 16.4 Å². The van der Waals surface area contributed by atoms with Gasteiger partial charge in [-0.3, -0.25) is 0 Å². The number of primary amides is 1. The molecule has 0 spiro atoms. The largest absolute Gasteiger partial charge is 0.378 e. The van der Waals surface area contributed by atoms with Gasteiger partial charge < -0.3 is 16.4 Å². The lowest BCUT2D eigenvalue weighted by molar-refractivity contribution is 0.259. The second-order valence-corrected chi connectivity index (χ2v) is 5.74. The van der Waals surface area contributed by atoms with Crippen LogP contribution in [0.2, 0.25) is 0 Å². The van der Waals surface area contributed by atoms with Crippen molar-refractivity contribution in [2.24, 2.45) is 5.73 Å². The average Bonchev–Trinajstić information content (AvgIpc) is 2.44. The van der Waals surface area contributed by atoms with Crippen LogP contribution in [0.1, 0.15) is 24.1 Å². The maximum Gasteiger partial charge on any atom is 0.316 e. The maximum absolute atomic E-state index is 10.8. The Hall–Kier alpha value is -2.01. The number of amides is 2. The van der Waals surface area contributed by atoms with Crippen molar-refractivity contribution in [3.05, 3.63) is 58.1 Å². The molecule has 0 aromatic heterocycles. The molecule has 2 aromatic rings. The summed E-state index contributed by atoms with van der Waals surface area (Å²) in [5.74, 6) is 0. The fourth-order valence-corrected chi connectivity index (χ4v) is 2.44. The molecule has 0 aliphatic rings. The molecule has 1 atom stereocenters. The Labute approximate surface area is 132 Å². The van der Waals surface area contributed by atoms with E-state index in [-0.39, 0.29) is 6.04 Å². The van der Waals surface area contributed by atoms with Crippen molar-refractivity contribution >= 4 is 33.3 Å². The first kappa shape index (κ1) is 15.4. The lowest BCUT2D eigenvalue weighted by Crippen LogP contribution is -2.19. The van der Waals surface area contributed by atoms with E-state index in [1.807, 2.05) is 36.4 Å².